The van der Waals surface area contributed by atoms with E-state index < -0.39 is 41.8 Å². The van der Waals surface area contributed by atoms with Gasteiger partial charge in [-0.2, -0.15) is 18.3 Å². The standard InChI is InChI=1S/C26H25ClF4N4O3/c1-25(2,3)33-24(37)21-23(36)22(16-7-9-17(27)10-8-16)35(34-21)19-11-6-15(13-18(19)28)5-4-12-38-14-20(32)26(29,30)31/h6-11,13,20,36H,12,14,32H2,1-3H3,(H,33,37)/t20-/m1/s1. The van der Waals surface area contributed by atoms with Gasteiger partial charge in [-0.05, 0) is 51.1 Å². The van der Waals surface area contributed by atoms with Gasteiger partial charge in [-0.1, -0.05) is 35.6 Å². The Bertz CT molecular complexity index is 1370. The molecule has 3 rings (SSSR count). The number of aromatic nitrogens is 2. The summed E-state index contributed by atoms with van der Waals surface area (Å²) in [6, 6.07) is 8.07. The molecule has 0 aliphatic heterocycles. The number of amides is 1. The lowest BCUT2D eigenvalue weighted by molar-refractivity contribution is -0.158. The number of hydrogen-bond donors (Lipinski definition) is 3. The van der Waals surface area contributed by atoms with Crippen molar-refractivity contribution in [2.75, 3.05) is 13.2 Å². The largest absolute Gasteiger partial charge is 0.504 e. The second-order valence-electron chi connectivity index (χ2n) is 9.30. The average molecular weight is 553 g/mol. The van der Waals surface area contributed by atoms with Crippen LogP contribution in [0.3, 0.4) is 0 Å². The van der Waals surface area contributed by atoms with Gasteiger partial charge < -0.3 is 20.9 Å². The summed E-state index contributed by atoms with van der Waals surface area (Å²) < 4.78 is 58.4. The lowest BCUT2D eigenvalue weighted by Crippen LogP contribution is -2.41. The van der Waals surface area contributed by atoms with E-state index in [1.807, 2.05) is 0 Å². The predicted octanol–water partition coefficient (Wildman–Crippen LogP) is 4.82. The fourth-order valence-corrected chi connectivity index (χ4v) is 3.36. The molecule has 38 heavy (non-hydrogen) atoms. The lowest BCUT2D eigenvalue weighted by Gasteiger charge is -2.19. The highest BCUT2D eigenvalue weighted by atomic mass is 35.5. The SMILES string of the molecule is CC(C)(C)NC(=O)c1nn(-c2ccc(C#CCOC[C@@H](N)C(F)(F)F)cc2F)c(-c2ccc(Cl)cc2)c1O. The number of aromatic hydroxyl groups is 1. The van der Waals surface area contributed by atoms with Crippen molar-refractivity contribution in [3.05, 3.63) is 64.6 Å². The fourth-order valence-electron chi connectivity index (χ4n) is 3.23. The first-order valence-electron chi connectivity index (χ1n) is 11.3. The number of alkyl halides is 3. The van der Waals surface area contributed by atoms with Crippen molar-refractivity contribution in [1.82, 2.24) is 15.1 Å². The maximum Gasteiger partial charge on any atom is 0.405 e. The van der Waals surface area contributed by atoms with Gasteiger partial charge in [-0.25, -0.2) is 9.07 Å². The van der Waals surface area contributed by atoms with Gasteiger partial charge in [-0.15, -0.1) is 0 Å². The summed E-state index contributed by atoms with van der Waals surface area (Å²) >= 11 is 5.98. The van der Waals surface area contributed by atoms with Crippen molar-refractivity contribution in [2.24, 2.45) is 5.73 Å². The first kappa shape index (κ1) is 29.0. The van der Waals surface area contributed by atoms with Gasteiger partial charge >= 0.3 is 6.18 Å². The van der Waals surface area contributed by atoms with Crippen LogP contribution in [0.1, 0.15) is 36.8 Å². The molecule has 4 N–H and O–H groups in total. The summed E-state index contributed by atoms with van der Waals surface area (Å²) in [6.07, 6.45) is -4.58. The molecule has 0 spiro atoms. The van der Waals surface area contributed by atoms with Crippen LogP contribution in [0.25, 0.3) is 16.9 Å². The molecule has 0 saturated carbocycles. The van der Waals surface area contributed by atoms with E-state index in [1.165, 1.54) is 12.1 Å². The van der Waals surface area contributed by atoms with Crippen LogP contribution in [0.5, 0.6) is 5.75 Å². The molecule has 2 aromatic carbocycles. The number of carbonyl (C=O) groups is 1. The van der Waals surface area contributed by atoms with Crippen molar-refractivity contribution in [3.8, 4) is 34.5 Å². The zero-order valence-corrected chi connectivity index (χ0v) is 21.4. The van der Waals surface area contributed by atoms with Crippen LogP contribution < -0.4 is 11.1 Å². The number of nitrogens with zero attached hydrogens (tertiary/aromatic N) is 2. The fraction of sp³-hybridized carbons (Fsp3) is 0.308. The Morgan fingerprint density at radius 2 is 1.87 bits per heavy atom. The van der Waals surface area contributed by atoms with Gasteiger partial charge in [0.25, 0.3) is 5.91 Å². The van der Waals surface area contributed by atoms with Crippen LogP contribution in [0, 0.1) is 17.7 Å². The molecule has 1 atom stereocenters. The summed E-state index contributed by atoms with van der Waals surface area (Å²) in [5, 5.41) is 18.3. The average Bonchev–Trinajstić information content (AvgIpc) is 3.14. The monoisotopic (exact) mass is 552 g/mol. The van der Waals surface area contributed by atoms with Crippen molar-refractivity contribution in [1.29, 1.82) is 0 Å². The Labute approximate surface area is 221 Å². The molecule has 7 nitrogen and oxygen atoms in total. The van der Waals surface area contributed by atoms with Crippen molar-refractivity contribution < 1.29 is 32.2 Å². The minimum Gasteiger partial charge on any atom is -0.504 e. The van der Waals surface area contributed by atoms with Crippen LogP contribution in [0.4, 0.5) is 17.6 Å². The first-order chi connectivity index (χ1) is 17.7. The summed E-state index contributed by atoms with van der Waals surface area (Å²) in [7, 11) is 0. The van der Waals surface area contributed by atoms with E-state index in [2.05, 4.69) is 22.3 Å². The number of benzene rings is 2. The summed E-state index contributed by atoms with van der Waals surface area (Å²) in [5.41, 5.74) is 4.64. The highest BCUT2D eigenvalue weighted by Gasteiger charge is 2.36. The quantitative estimate of drug-likeness (QED) is 0.231. The van der Waals surface area contributed by atoms with Crippen LogP contribution in [-0.4, -0.2) is 51.8 Å². The molecule has 1 heterocycles. The van der Waals surface area contributed by atoms with Gasteiger partial charge in [0.05, 0.1) is 6.61 Å². The summed E-state index contributed by atoms with van der Waals surface area (Å²) in [4.78, 5) is 12.8. The molecule has 0 radical (unpaired) electrons. The summed E-state index contributed by atoms with van der Waals surface area (Å²) in [6.45, 7) is 4.18. The Hall–Kier alpha value is -3.59. The van der Waals surface area contributed by atoms with Gasteiger partial charge in [0, 0.05) is 21.7 Å². The second-order valence-corrected chi connectivity index (χ2v) is 9.74. The van der Waals surface area contributed by atoms with Gasteiger partial charge in [0.1, 0.15) is 29.8 Å². The van der Waals surface area contributed by atoms with E-state index in [4.69, 9.17) is 22.1 Å². The van der Waals surface area contributed by atoms with Crippen molar-refractivity contribution in [2.45, 2.75) is 38.5 Å². The third-order valence-corrected chi connectivity index (χ3v) is 5.23. The molecule has 0 unspecified atom stereocenters. The lowest BCUT2D eigenvalue weighted by atomic mass is 10.1. The highest BCUT2D eigenvalue weighted by molar-refractivity contribution is 6.30. The molecular formula is C26H25ClF4N4O3. The Morgan fingerprint density at radius 3 is 2.45 bits per heavy atom. The van der Waals surface area contributed by atoms with E-state index in [1.54, 1.807) is 45.0 Å². The Kier molecular flexibility index (Phi) is 8.72. The van der Waals surface area contributed by atoms with Gasteiger partial charge in [0.15, 0.2) is 11.4 Å². The molecule has 0 bridgehead atoms. The maximum absolute atomic E-state index is 15.2. The minimum atomic E-state index is -4.58. The van der Waals surface area contributed by atoms with Crippen molar-refractivity contribution in [3.63, 3.8) is 0 Å². The molecular weight excluding hydrogens is 528 g/mol. The number of halogens is 5. The zero-order valence-electron chi connectivity index (χ0n) is 20.7. The van der Waals surface area contributed by atoms with Crippen LogP contribution in [0.15, 0.2) is 42.5 Å². The number of hydrogen-bond acceptors (Lipinski definition) is 5. The number of ether oxygens (including phenoxy) is 1. The number of nitrogens with two attached hydrogens (primary N) is 1. The zero-order chi connectivity index (χ0) is 28.3. The van der Waals surface area contributed by atoms with Crippen LogP contribution in [-0.2, 0) is 4.74 Å². The number of carbonyl (C=O) groups excluding carboxylic acids is 1. The predicted molar refractivity (Wildman–Crippen MR) is 135 cm³/mol. The molecule has 0 aliphatic carbocycles. The molecule has 0 saturated heterocycles. The molecule has 0 fully saturated rings. The molecule has 0 aliphatic rings. The maximum atomic E-state index is 15.2. The van der Waals surface area contributed by atoms with E-state index in [0.717, 1.165) is 10.7 Å². The molecule has 1 amide bonds. The Balaban J connectivity index is 1.93. The minimum absolute atomic E-state index is 0.0628. The van der Waals surface area contributed by atoms with Crippen LogP contribution in [0.2, 0.25) is 5.02 Å². The van der Waals surface area contributed by atoms with Crippen molar-refractivity contribution >= 4 is 17.5 Å². The smallest absolute Gasteiger partial charge is 0.405 e. The molecule has 202 valence electrons. The van der Waals surface area contributed by atoms with Gasteiger partial charge in [0.2, 0.25) is 0 Å². The van der Waals surface area contributed by atoms with Crippen LogP contribution >= 0.6 is 11.6 Å². The highest BCUT2D eigenvalue weighted by Crippen LogP contribution is 2.36. The third kappa shape index (κ3) is 7.25. The van der Waals surface area contributed by atoms with E-state index in [9.17, 15) is 23.1 Å². The Morgan fingerprint density at radius 1 is 1.21 bits per heavy atom. The van der Waals surface area contributed by atoms with E-state index >= 15 is 4.39 Å². The normalized spacial score (nSPS) is 12.6. The third-order valence-electron chi connectivity index (χ3n) is 4.98. The number of nitrogens with one attached hydrogen (secondary N) is 1. The first-order valence-corrected chi connectivity index (χ1v) is 11.6. The summed E-state index contributed by atoms with van der Waals surface area (Å²) in [5.74, 6) is 3.20. The molecule has 1 aromatic heterocycles. The van der Waals surface area contributed by atoms with E-state index in [-0.39, 0.29) is 29.2 Å². The molecule has 12 heteroatoms. The number of rotatable bonds is 6. The topological polar surface area (TPSA) is 102 Å². The van der Waals surface area contributed by atoms with Gasteiger partial charge in [-0.3, -0.25) is 4.79 Å². The molecule has 3 aromatic rings. The van der Waals surface area contributed by atoms with E-state index in [0.29, 0.717) is 10.6 Å². The second kappa shape index (κ2) is 11.4.